The third kappa shape index (κ3) is 3.50. The van der Waals surface area contributed by atoms with Gasteiger partial charge in [-0.3, -0.25) is 14.7 Å². The van der Waals surface area contributed by atoms with Crippen LogP contribution >= 0.6 is 0 Å². The smallest absolute Gasteiger partial charge is 0.253 e. The summed E-state index contributed by atoms with van der Waals surface area (Å²) in [5, 5.41) is 21.0. The fourth-order valence-electron chi connectivity index (χ4n) is 3.91. The molecule has 0 spiro atoms. The van der Waals surface area contributed by atoms with Crippen LogP contribution in [0.15, 0.2) is 42.7 Å². The highest BCUT2D eigenvalue weighted by Gasteiger charge is 2.39. The van der Waals surface area contributed by atoms with Crippen LogP contribution in [0, 0.1) is 5.92 Å². The first kappa shape index (κ1) is 18.2. The van der Waals surface area contributed by atoms with E-state index in [-0.39, 0.29) is 17.7 Å². The Hall–Kier alpha value is -3.13. The zero-order valence-electron chi connectivity index (χ0n) is 15.6. The number of fused-ring (bicyclic) bond motifs is 1. The number of aliphatic hydroxyl groups excluding tert-OH is 1. The van der Waals surface area contributed by atoms with Gasteiger partial charge in [0.05, 0.1) is 35.5 Å². The Kier molecular flexibility index (Phi) is 4.87. The van der Waals surface area contributed by atoms with Gasteiger partial charge in [0.1, 0.15) is 0 Å². The van der Waals surface area contributed by atoms with Gasteiger partial charge in [0.25, 0.3) is 5.91 Å². The Balaban J connectivity index is 1.40. The minimum Gasteiger partial charge on any atom is -0.391 e. The van der Waals surface area contributed by atoms with Gasteiger partial charge in [-0.2, -0.15) is 5.10 Å². The molecule has 1 fully saturated rings. The summed E-state index contributed by atoms with van der Waals surface area (Å²) in [5.41, 5.74) is 2.14. The van der Waals surface area contributed by atoms with Crippen molar-refractivity contribution in [1.82, 2.24) is 25.4 Å². The Morgan fingerprint density at radius 1 is 1.29 bits per heavy atom. The SMILES string of the molecule is CN(Cc1ccn[nH]1)C(=O)[C@H]1C[C@H](NC(=O)c2cccc3cc[nH]c23)[C@@H](O)C1. The quantitative estimate of drug-likeness (QED) is 0.535. The molecule has 2 amide bonds. The summed E-state index contributed by atoms with van der Waals surface area (Å²) < 4.78 is 0. The normalized spacial score (nSPS) is 21.7. The lowest BCUT2D eigenvalue weighted by Crippen LogP contribution is -2.40. The summed E-state index contributed by atoms with van der Waals surface area (Å²) in [6.07, 6.45) is 3.43. The van der Waals surface area contributed by atoms with Crippen LogP contribution in [-0.4, -0.2) is 56.2 Å². The molecule has 4 N–H and O–H groups in total. The molecule has 3 atom stereocenters. The second-order valence-corrected chi connectivity index (χ2v) is 7.34. The molecule has 0 unspecified atom stereocenters. The summed E-state index contributed by atoms with van der Waals surface area (Å²) >= 11 is 0. The number of hydrogen-bond donors (Lipinski definition) is 4. The van der Waals surface area contributed by atoms with Crippen molar-refractivity contribution in [2.45, 2.75) is 31.5 Å². The summed E-state index contributed by atoms with van der Waals surface area (Å²) in [7, 11) is 1.73. The number of rotatable bonds is 5. The number of benzene rings is 1. The van der Waals surface area contributed by atoms with E-state index in [4.69, 9.17) is 0 Å². The Morgan fingerprint density at radius 2 is 2.14 bits per heavy atom. The van der Waals surface area contributed by atoms with Gasteiger partial charge in [0, 0.05) is 30.7 Å². The van der Waals surface area contributed by atoms with Gasteiger partial charge in [-0.1, -0.05) is 12.1 Å². The fraction of sp³-hybridized carbons (Fsp3) is 0.350. The van der Waals surface area contributed by atoms with E-state index in [1.54, 1.807) is 30.4 Å². The zero-order chi connectivity index (χ0) is 19.7. The van der Waals surface area contributed by atoms with E-state index in [9.17, 15) is 14.7 Å². The molecular formula is C20H23N5O3. The van der Waals surface area contributed by atoms with E-state index in [1.165, 1.54) is 0 Å². The molecule has 1 aromatic carbocycles. The summed E-state index contributed by atoms with van der Waals surface area (Å²) in [5.74, 6) is -0.623. The number of H-pyrrole nitrogens is 2. The molecule has 4 rings (SSSR count). The van der Waals surface area contributed by atoms with Crippen molar-refractivity contribution >= 4 is 22.7 Å². The number of carbonyl (C=O) groups excluding carboxylic acids is 2. The molecule has 2 aromatic heterocycles. The van der Waals surface area contributed by atoms with Gasteiger partial charge in [-0.25, -0.2) is 0 Å². The van der Waals surface area contributed by atoms with Crippen LogP contribution in [0.1, 0.15) is 28.9 Å². The average molecular weight is 381 g/mol. The molecule has 2 heterocycles. The summed E-state index contributed by atoms with van der Waals surface area (Å²) in [4.78, 5) is 30.1. The zero-order valence-corrected chi connectivity index (χ0v) is 15.6. The first-order chi connectivity index (χ1) is 13.5. The molecule has 1 aliphatic rings. The van der Waals surface area contributed by atoms with Crippen LogP contribution < -0.4 is 5.32 Å². The Morgan fingerprint density at radius 3 is 2.93 bits per heavy atom. The maximum atomic E-state index is 12.7. The highest BCUT2D eigenvalue weighted by molar-refractivity contribution is 6.05. The molecule has 146 valence electrons. The van der Waals surface area contributed by atoms with Crippen molar-refractivity contribution in [3.63, 3.8) is 0 Å². The molecule has 0 saturated heterocycles. The number of aliphatic hydroxyl groups is 1. The van der Waals surface area contributed by atoms with Gasteiger partial charge in [0.2, 0.25) is 5.91 Å². The van der Waals surface area contributed by atoms with Crippen molar-refractivity contribution in [2.24, 2.45) is 5.92 Å². The van der Waals surface area contributed by atoms with Crippen LogP contribution in [-0.2, 0) is 11.3 Å². The second-order valence-electron chi connectivity index (χ2n) is 7.34. The fourth-order valence-corrected chi connectivity index (χ4v) is 3.91. The minimum atomic E-state index is -0.749. The van der Waals surface area contributed by atoms with Crippen LogP contribution in [0.4, 0.5) is 0 Å². The largest absolute Gasteiger partial charge is 0.391 e. The second kappa shape index (κ2) is 7.47. The van der Waals surface area contributed by atoms with E-state index in [1.807, 2.05) is 24.3 Å². The lowest BCUT2D eigenvalue weighted by molar-refractivity contribution is -0.134. The lowest BCUT2D eigenvalue weighted by atomic mass is 10.1. The molecule has 8 heteroatoms. The van der Waals surface area contributed by atoms with Crippen LogP contribution in [0.2, 0.25) is 0 Å². The van der Waals surface area contributed by atoms with E-state index in [0.717, 1.165) is 16.6 Å². The number of hydrogen-bond acceptors (Lipinski definition) is 4. The van der Waals surface area contributed by atoms with Crippen LogP contribution in [0.25, 0.3) is 10.9 Å². The number of para-hydroxylation sites is 1. The molecule has 0 bridgehead atoms. The maximum Gasteiger partial charge on any atom is 0.253 e. The number of nitrogens with one attached hydrogen (secondary N) is 3. The topological polar surface area (TPSA) is 114 Å². The van der Waals surface area contributed by atoms with Crippen molar-refractivity contribution in [3.05, 3.63) is 54.0 Å². The third-order valence-corrected chi connectivity index (χ3v) is 5.37. The van der Waals surface area contributed by atoms with Crippen molar-refractivity contribution in [1.29, 1.82) is 0 Å². The first-order valence-electron chi connectivity index (χ1n) is 9.31. The average Bonchev–Trinajstić information content (AvgIpc) is 3.42. The van der Waals surface area contributed by atoms with Crippen LogP contribution in [0.5, 0.6) is 0 Å². The lowest BCUT2D eigenvalue weighted by Gasteiger charge is -2.20. The van der Waals surface area contributed by atoms with E-state index >= 15 is 0 Å². The Labute approximate surface area is 161 Å². The Bertz CT molecular complexity index is 981. The van der Waals surface area contributed by atoms with E-state index in [0.29, 0.717) is 24.9 Å². The monoisotopic (exact) mass is 381 g/mol. The molecule has 3 aromatic rings. The van der Waals surface area contributed by atoms with E-state index < -0.39 is 12.1 Å². The number of amides is 2. The van der Waals surface area contributed by atoms with Crippen molar-refractivity contribution in [3.8, 4) is 0 Å². The predicted octanol–water partition coefficient (Wildman–Crippen LogP) is 1.42. The van der Waals surface area contributed by atoms with Gasteiger partial charge in [-0.15, -0.1) is 0 Å². The molecular weight excluding hydrogens is 358 g/mol. The van der Waals surface area contributed by atoms with Gasteiger partial charge >= 0.3 is 0 Å². The molecule has 8 nitrogen and oxygen atoms in total. The van der Waals surface area contributed by atoms with Crippen molar-refractivity contribution < 1.29 is 14.7 Å². The maximum absolute atomic E-state index is 12.7. The van der Waals surface area contributed by atoms with Gasteiger partial charge < -0.3 is 20.3 Å². The third-order valence-electron chi connectivity index (χ3n) is 5.37. The van der Waals surface area contributed by atoms with Gasteiger partial charge in [0.15, 0.2) is 0 Å². The van der Waals surface area contributed by atoms with Crippen molar-refractivity contribution in [2.75, 3.05) is 7.05 Å². The first-order valence-corrected chi connectivity index (χ1v) is 9.31. The standard InChI is InChI=1S/C20H23N5O3/c1-25(11-14-6-8-22-24-14)20(28)13-9-16(17(26)10-13)23-19(27)15-4-2-3-12-5-7-21-18(12)15/h2-8,13,16-17,21,26H,9-11H2,1H3,(H,22,24)(H,23,27)/t13-,16-,17-/m0/s1. The number of aromatic amines is 2. The summed E-state index contributed by atoms with van der Waals surface area (Å²) in [6, 6.07) is 8.77. The van der Waals surface area contributed by atoms with Gasteiger partial charge in [-0.05, 0) is 31.0 Å². The van der Waals surface area contributed by atoms with E-state index in [2.05, 4.69) is 20.5 Å². The molecule has 0 radical (unpaired) electrons. The summed E-state index contributed by atoms with van der Waals surface area (Å²) in [6.45, 7) is 0.428. The number of nitrogens with zero attached hydrogens (tertiary/aromatic N) is 2. The molecule has 1 aliphatic carbocycles. The van der Waals surface area contributed by atoms with Crippen LogP contribution in [0.3, 0.4) is 0 Å². The highest BCUT2D eigenvalue weighted by atomic mass is 16.3. The molecule has 1 saturated carbocycles. The molecule has 28 heavy (non-hydrogen) atoms. The number of aromatic nitrogens is 3. The minimum absolute atomic E-state index is 0.0446. The highest BCUT2D eigenvalue weighted by Crippen LogP contribution is 2.28. The predicted molar refractivity (Wildman–Crippen MR) is 103 cm³/mol. The molecule has 0 aliphatic heterocycles. The number of carbonyl (C=O) groups is 2.